The van der Waals surface area contributed by atoms with Gasteiger partial charge < -0.3 is 10.0 Å². The highest BCUT2D eigenvalue weighted by atomic mass is 35.5. The second kappa shape index (κ2) is 5.90. The maximum absolute atomic E-state index is 12.4. The van der Waals surface area contributed by atoms with Crippen LogP contribution in [0.25, 0.3) is 0 Å². The minimum Gasteiger partial charge on any atom is -0.395 e. The van der Waals surface area contributed by atoms with E-state index in [1.807, 2.05) is 0 Å². The predicted octanol–water partition coefficient (Wildman–Crippen LogP) is 0.132. The maximum atomic E-state index is 12.4. The van der Waals surface area contributed by atoms with Crippen molar-refractivity contribution in [3.63, 3.8) is 0 Å². The Morgan fingerprint density at radius 2 is 2.00 bits per heavy atom. The van der Waals surface area contributed by atoms with Crippen LogP contribution in [0.15, 0.2) is 0 Å². The highest BCUT2D eigenvalue weighted by molar-refractivity contribution is 6.33. The molecule has 1 N–H and O–H groups in total. The van der Waals surface area contributed by atoms with Crippen LogP contribution in [0.4, 0.5) is 0 Å². The van der Waals surface area contributed by atoms with Gasteiger partial charge in [0, 0.05) is 39.8 Å². The van der Waals surface area contributed by atoms with Crippen molar-refractivity contribution in [3.05, 3.63) is 16.4 Å². The zero-order valence-corrected chi connectivity index (χ0v) is 12.0. The van der Waals surface area contributed by atoms with Gasteiger partial charge in [-0.05, 0) is 6.92 Å². The summed E-state index contributed by atoms with van der Waals surface area (Å²) in [5.74, 6) is -0.0563. The highest BCUT2D eigenvalue weighted by Crippen LogP contribution is 2.21. The van der Waals surface area contributed by atoms with Gasteiger partial charge in [-0.2, -0.15) is 5.10 Å². The summed E-state index contributed by atoms with van der Waals surface area (Å²) in [5, 5.41) is 13.5. The van der Waals surface area contributed by atoms with Crippen molar-refractivity contribution < 1.29 is 9.90 Å². The Balaban J connectivity index is 2.05. The van der Waals surface area contributed by atoms with Crippen LogP contribution in [0.5, 0.6) is 0 Å². The minimum absolute atomic E-state index is 0.0563. The molecule has 1 aromatic heterocycles. The van der Waals surface area contributed by atoms with Gasteiger partial charge in [-0.25, -0.2) is 0 Å². The summed E-state index contributed by atoms with van der Waals surface area (Å²) in [6.45, 7) is 5.48. The van der Waals surface area contributed by atoms with Gasteiger partial charge in [0.15, 0.2) is 0 Å². The number of hydrogen-bond donors (Lipinski definition) is 1. The SMILES string of the molecule is Cc1nn(C)c(Cl)c1C(=O)N1CCN(CCO)CC1. The quantitative estimate of drug-likeness (QED) is 0.858. The molecule has 1 amide bonds. The van der Waals surface area contributed by atoms with Crippen molar-refractivity contribution >= 4 is 17.5 Å². The molecule has 6 nitrogen and oxygen atoms in total. The Hall–Kier alpha value is -1.11. The van der Waals surface area contributed by atoms with E-state index in [9.17, 15) is 4.79 Å². The molecule has 0 saturated carbocycles. The maximum Gasteiger partial charge on any atom is 0.258 e. The van der Waals surface area contributed by atoms with E-state index in [-0.39, 0.29) is 12.5 Å². The topological polar surface area (TPSA) is 61.6 Å². The van der Waals surface area contributed by atoms with E-state index in [0.29, 0.717) is 36.0 Å². The summed E-state index contributed by atoms with van der Waals surface area (Å²) in [4.78, 5) is 16.4. The first-order valence-electron chi connectivity index (χ1n) is 6.36. The van der Waals surface area contributed by atoms with Gasteiger partial charge in [0.1, 0.15) is 5.15 Å². The number of carbonyl (C=O) groups is 1. The number of aromatic nitrogens is 2. The van der Waals surface area contributed by atoms with Gasteiger partial charge in [0.25, 0.3) is 5.91 Å². The molecule has 1 aliphatic heterocycles. The van der Waals surface area contributed by atoms with E-state index in [1.165, 1.54) is 4.68 Å². The highest BCUT2D eigenvalue weighted by Gasteiger charge is 2.26. The van der Waals surface area contributed by atoms with Crippen LogP contribution in [0.1, 0.15) is 16.1 Å². The van der Waals surface area contributed by atoms with Crippen LogP contribution in [-0.4, -0.2) is 69.9 Å². The summed E-state index contributed by atoms with van der Waals surface area (Å²) in [7, 11) is 1.73. The average Bonchev–Trinajstić information content (AvgIpc) is 2.64. The number of nitrogens with zero attached hydrogens (tertiary/aromatic N) is 4. The lowest BCUT2D eigenvalue weighted by Gasteiger charge is -2.34. The van der Waals surface area contributed by atoms with Crippen LogP contribution < -0.4 is 0 Å². The molecule has 1 aliphatic rings. The molecule has 106 valence electrons. The molecular formula is C12H19ClN4O2. The molecule has 19 heavy (non-hydrogen) atoms. The second-order valence-corrected chi connectivity index (χ2v) is 5.09. The summed E-state index contributed by atoms with van der Waals surface area (Å²) in [5.41, 5.74) is 1.16. The molecule has 1 saturated heterocycles. The molecular weight excluding hydrogens is 268 g/mol. The van der Waals surface area contributed by atoms with Gasteiger partial charge in [-0.1, -0.05) is 11.6 Å². The van der Waals surface area contributed by atoms with Crippen LogP contribution in [-0.2, 0) is 7.05 Å². The minimum atomic E-state index is -0.0563. The number of carbonyl (C=O) groups excluding carboxylic acids is 1. The van der Waals surface area contributed by atoms with Crippen molar-refractivity contribution in [2.45, 2.75) is 6.92 Å². The molecule has 0 aromatic carbocycles. The number of rotatable bonds is 3. The molecule has 1 fully saturated rings. The van der Waals surface area contributed by atoms with Crippen LogP contribution in [0, 0.1) is 6.92 Å². The number of aliphatic hydroxyl groups excluding tert-OH is 1. The summed E-state index contributed by atoms with van der Waals surface area (Å²) < 4.78 is 1.52. The third kappa shape index (κ3) is 2.91. The standard InChI is InChI=1S/C12H19ClN4O2/c1-9-10(11(13)15(2)14-9)12(19)17-5-3-16(4-6-17)7-8-18/h18H,3-8H2,1-2H3. The number of halogens is 1. The largest absolute Gasteiger partial charge is 0.395 e. The van der Waals surface area contributed by atoms with Gasteiger partial charge >= 0.3 is 0 Å². The smallest absolute Gasteiger partial charge is 0.258 e. The van der Waals surface area contributed by atoms with Crippen molar-refractivity contribution in [2.75, 3.05) is 39.3 Å². The molecule has 0 atom stereocenters. The van der Waals surface area contributed by atoms with E-state index in [0.717, 1.165) is 13.1 Å². The van der Waals surface area contributed by atoms with Crippen molar-refractivity contribution in [3.8, 4) is 0 Å². The zero-order chi connectivity index (χ0) is 14.0. The van der Waals surface area contributed by atoms with Crippen molar-refractivity contribution in [1.82, 2.24) is 19.6 Å². The Kier molecular flexibility index (Phi) is 4.44. The van der Waals surface area contributed by atoms with E-state index in [4.69, 9.17) is 16.7 Å². The Bertz CT molecular complexity index is 467. The molecule has 0 aliphatic carbocycles. The second-order valence-electron chi connectivity index (χ2n) is 4.73. The number of β-amino-alcohol motifs (C(OH)–C–C–N with tert-alkyl or cyclic N) is 1. The number of amides is 1. The fraction of sp³-hybridized carbons (Fsp3) is 0.667. The van der Waals surface area contributed by atoms with Gasteiger partial charge in [-0.15, -0.1) is 0 Å². The zero-order valence-electron chi connectivity index (χ0n) is 11.3. The van der Waals surface area contributed by atoms with Gasteiger partial charge in [0.05, 0.1) is 17.9 Å². The third-order valence-electron chi connectivity index (χ3n) is 3.44. The average molecular weight is 287 g/mol. The molecule has 0 radical (unpaired) electrons. The molecule has 2 heterocycles. The monoisotopic (exact) mass is 286 g/mol. The fourth-order valence-electron chi connectivity index (χ4n) is 2.35. The summed E-state index contributed by atoms with van der Waals surface area (Å²) in [6, 6.07) is 0. The molecule has 0 spiro atoms. The third-order valence-corrected chi connectivity index (χ3v) is 3.88. The van der Waals surface area contributed by atoms with Gasteiger partial charge in [-0.3, -0.25) is 14.4 Å². The Labute approximate surface area is 117 Å². The predicted molar refractivity (Wildman–Crippen MR) is 72.4 cm³/mol. The Morgan fingerprint density at radius 1 is 1.37 bits per heavy atom. The van der Waals surface area contributed by atoms with E-state index in [2.05, 4.69) is 10.00 Å². The fourth-order valence-corrected chi connectivity index (χ4v) is 2.60. The lowest BCUT2D eigenvalue weighted by atomic mass is 10.2. The van der Waals surface area contributed by atoms with Gasteiger partial charge in [0.2, 0.25) is 0 Å². The van der Waals surface area contributed by atoms with Crippen LogP contribution >= 0.6 is 11.6 Å². The molecule has 2 rings (SSSR count). The van der Waals surface area contributed by atoms with Crippen molar-refractivity contribution in [2.24, 2.45) is 7.05 Å². The van der Waals surface area contributed by atoms with E-state index in [1.54, 1.807) is 18.9 Å². The number of piperazine rings is 1. The molecule has 0 bridgehead atoms. The normalized spacial score (nSPS) is 16.9. The lowest BCUT2D eigenvalue weighted by molar-refractivity contribution is 0.0614. The summed E-state index contributed by atoms with van der Waals surface area (Å²) in [6.07, 6.45) is 0. The molecule has 7 heteroatoms. The number of aryl methyl sites for hydroxylation is 2. The lowest BCUT2D eigenvalue weighted by Crippen LogP contribution is -2.49. The first kappa shape index (κ1) is 14.3. The van der Waals surface area contributed by atoms with E-state index >= 15 is 0 Å². The van der Waals surface area contributed by atoms with Crippen molar-refractivity contribution in [1.29, 1.82) is 0 Å². The first-order valence-corrected chi connectivity index (χ1v) is 6.74. The molecule has 0 unspecified atom stereocenters. The number of hydrogen-bond acceptors (Lipinski definition) is 4. The first-order chi connectivity index (χ1) is 9.04. The number of aliphatic hydroxyl groups is 1. The molecule has 1 aromatic rings. The summed E-state index contributed by atoms with van der Waals surface area (Å²) >= 11 is 6.12. The Morgan fingerprint density at radius 3 is 2.47 bits per heavy atom. The van der Waals surface area contributed by atoms with Crippen LogP contribution in [0.3, 0.4) is 0 Å². The van der Waals surface area contributed by atoms with Crippen LogP contribution in [0.2, 0.25) is 5.15 Å². The van der Waals surface area contributed by atoms with E-state index < -0.39 is 0 Å².